The molecule has 3 aliphatic rings. The summed E-state index contributed by atoms with van der Waals surface area (Å²) in [6.45, 7) is 2.38. The second-order valence-corrected chi connectivity index (χ2v) is 5.72. The topological polar surface area (TPSA) is 24.5 Å². The molecule has 0 aromatic carbocycles. The summed E-state index contributed by atoms with van der Waals surface area (Å²) in [4.78, 5) is 2.72. The molecule has 2 bridgehead atoms. The van der Waals surface area contributed by atoms with E-state index in [2.05, 4.69) is 17.3 Å². The molecule has 3 rings (SSSR count). The van der Waals surface area contributed by atoms with E-state index in [9.17, 15) is 0 Å². The Hall–Kier alpha value is -0.120. The Morgan fingerprint density at radius 3 is 2.50 bits per heavy atom. The van der Waals surface area contributed by atoms with E-state index in [1.807, 2.05) is 0 Å². The van der Waals surface area contributed by atoms with Crippen LogP contribution in [0.3, 0.4) is 0 Å². The summed E-state index contributed by atoms with van der Waals surface area (Å²) >= 11 is 0. The van der Waals surface area contributed by atoms with Crippen molar-refractivity contribution in [2.75, 3.05) is 20.1 Å². The van der Waals surface area contributed by atoms with Crippen LogP contribution in [0.4, 0.5) is 0 Å². The third-order valence-electron chi connectivity index (χ3n) is 4.64. The minimum Gasteiger partial charge on any atom is -0.372 e. The molecule has 1 N–H and O–H groups in total. The van der Waals surface area contributed by atoms with E-state index < -0.39 is 0 Å². The number of nitrogens with one attached hydrogen (secondary N) is 1. The lowest BCUT2D eigenvalue weighted by Gasteiger charge is -2.41. The fourth-order valence-corrected chi connectivity index (χ4v) is 3.70. The molecule has 0 spiro atoms. The molecule has 0 amide bonds. The molecule has 0 radical (unpaired) electrons. The average Bonchev–Trinajstić information content (AvgIpc) is 2.68. The Kier molecular flexibility index (Phi) is 3.18. The molecule has 1 saturated carbocycles. The molecule has 0 aromatic rings. The van der Waals surface area contributed by atoms with Gasteiger partial charge in [0.1, 0.15) is 0 Å². The van der Waals surface area contributed by atoms with E-state index in [1.54, 1.807) is 0 Å². The largest absolute Gasteiger partial charge is 0.372 e. The van der Waals surface area contributed by atoms with Gasteiger partial charge in [-0.05, 0) is 39.2 Å². The van der Waals surface area contributed by atoms with E-state index in [0.717, 1.165) is 12.1 Å². The lowest BCUT2D eigenvalue weighted by molar-refractivity contribution is -0.0586. The molecular formula is C13H24N2O. The maximum atomic E-state index is 5.91. The summed E-state index contributed by atoms with van der Waals surface area (Å²) in [5.41, 5.74) is 0. The van der Waals surface area contributed by atoms with E-state index >= 15 is 0 Å². The van der Waals surface area contributed by atoms with Crippen LogP contribution >= 0.6 is 0 Å². The molecule has 2 heterocycles. The predicted molar refractivity (Wildman–Crippen MR) is 64.6 cm³/mol. The molecule has 92 valence electrons. The van der Waals surface area contributed by atoms with E-state index in [-0.39, 0.29) is 0 Å². The number of likely N-dealkylation sites (tertiary alicyclic amines) is 1. The van der Waals surface area contributed by atoms with Gasteiger partial charge in [-0.1, -0.05) is 6.42 Å². The second kappa shape index (κ2) is 4.63. The van der Waals surface area contributed by atoms with Gasteiger partial charge < -0.3 is 10.1 Å². The summed E-state index contributed by atoms with van der Waals surface area (Å²) in [5, 5.41) is 3.45. The fourth-order valence-electron chi connectivity index (χ4n) is 3.70. The monoisotopic (exact) mass is 224 g/mol. The van der Waals surface area contributed by atoms with Crippen molar-refractivity contribution in [3.63, 3.8) is 0 Å². The zero-order chi connectivity index (χ0) is 11.0. The molecule has 1 aliphatic carbocycles. The Bertz CT molecular complexity index is 234. The predicted octanol–water partition coefficient (Wildman–Crippen LogP) is 1.38. The van der Waals surface area contributed by atoms with Crippen molar-refractivity contribution < 1.29 is 4.74 Å². The summed E-state index contributed by atoms with van der Waals surface area (Å²) in [6, 6.07) is 1.57. The van der Waals surface area contributed by atoms with E-state index in [0.29, 0.717) is 12.2 Å². The summed E-state index contributed by atoms with van der Waals surface area (Å²) < 4.78 is 5.91. The summed E-state index contributed by atoms with van der Waals surface area (Å²) in [7, 11) is 2.11. The first kappa shape index (κ1) is 11.0. The third kappa shape index (κ3) is 2.13. The van der Waals surface area contributed by atoms with Gasteiger partial charge in [-0.15, -0.1) is 0 Å². The van der Waals surface area contributed by atoms with Crippen molar-refractivity contribution >= 4 is 0 Å². The van der Waals surface area contributed by atoms with Crippen molar-refractivity contribution in [1.29, 1.82) is 0 Å². The quantitative estimate of drug-likeness (QED) is 0.767. The first-order chi connectivity index (χ1) is 7.85. The number of ether oxygens (including phenoxy) is 1. The van der Waals surface area contributed by atoms with Crippen molar-refractivity contribution in [2.24, 2.45) is 0 Å². The van der Waals surface area contributed by atoms with Gasteiger partial charge in [-0.3, -0.25) is 4.90 Å². The highest BCUT2D eigenvalue weighted by Gasteiger charge is 2.37. The molecule has 3 heteroatoms. The van der Waals surface area contributed by atoms with Gasteiger partial charge in [0.25, 0.3) is 0 Å². The Labute approximate surface area is 98.5 Å². The number of rotatable bonds is 2. The third-order valence-corrected chi connectivity index (χ3v) is 4.64. The highest BCUT2D eigenvalue weighted by molar-refractivity contribution is 4.91. The Morgan fingerprint density at radius 2 is 1.81 bits per heavy atom. The van der Waals surface area contributed by atoms with Crippen LogP contribution in [0.2, 0.25) is 0 Å². The van der Waals surface area contributed by atoms with Crippen molar-refractivity contribution in [1.82, 2.24) is 10.2 Å². The van der Waals surface area contributed by atoms with Gasteiger partial charge in [-0.25, -0.2) is 0 Å². The number of fused-ring (bicyclic) bond motifs is 2. The number of morpholine rings is 1. The van der Waals surface area contributed by atoms with Gasteiger partial charge in [0.15, 0.2) is 0 Å². The highest BCUT2D eigenvalue weighted by Crippen LogP contribution is 2.31. The minimum absolute atomic E-state index is 0.550. The average molecular weight is 224 g/mol. The van der Waals surface area contributed by atoms with E-state index in [1.165, 1.54) is 51.6 Å². The molecule has 2 aliphatic heterocycles. The maximum absolute atomic E-state index is 5.91. The minimum atomic E-state index is 0.550. The number of hydrogen-bond donors (Lipinski definition) is 1. The lowest BCUT2D eigenvalue weighted by atomic mass is 9.89. The van der Waals surface area contributed by atoms with Gasteiger partial charge in [0.2, 0.25) is 0 Å². The van der Waals surface area contributed by atoms with Crippen LogP contribution in [-0.2, 0) is 4.74 Å². The van der Waals surface area contributed by atoms with Crippen LogP contribution in [0.1, 0.15) is 38.5 Å². The molecule has 4 unspecified atom stereocenters. The van der Waals surface area contributed by atoms with Gasteiger partial charge in [0.05, 0.1) is 12.2 Å². The smallest absolute Gasteiger partial charge is 0.0707 e. The fraction of sp³-hybridized carbons (Fsp3) is 1.00. The zero-order valence-corrected chi connectivity index (χ0v) is 10.3. The molecule has 16 heavy (non-hydrogen) atoms. The van der Waals surface area contributed by atoms with Crippen LogP contribution in [0.25, 0.3) is 0 Å². The first-order valence-corrected chi connectivity index (χ1v) is 6.92. The molecule has 4 atom stereocenters. The van der Waals surface area contributed by atoms with Crippen molar-refractivity contribution in [3.8, 4) is 0 Å². The molecular weight excluding hydrogens is 200 g/mol. The van der Waals surface area contributed by atoms with Crippen LogP contribution < -0.4 is 5.32 Å². The summed E-state index contributed by atoms with van der Waals surface area (Å²) in [5.74, 6) is 0. The highest BCUT2D eigenvalue weighted by atomic mass is 16.5. The van der Waals surface area contributed by atoms with Crippen LogP contribution in [0, 0.1) is 0 Å². The zero-order valence-electron chi connectivity index (χ0n) is 10.3. The standard InChI is InChI=1S/C13H24N2O/c1-14-10-3-2-4-11(7-10)15-8-12-5-6-13(9-15)16-12/h10-14H,2-9H2,1H3. The Balaban J connectivity index is 1.60. The molecule has 0 aromatic heterocycles. The van der Waals surface area contributed by atoms with Gasteiger partial charge in [0, 0.05) is 25.2 Å². The maximum Gasteiger partial charge on any atom is 0.0707 e. The molecule has 3 fully saturated rings. The van der Waals surface area contributed by atoms with Crippen LogP contribution in [0.15, 0.2) is 0 Å². The molecule has 2 saturated heterocycles. The van der Waals surface area contributed by atoms with Crippen LogP contribution in [-0.4, -0.2) is 49.3 Å². The summed E-state index contributed by atoms with van der Waals surface area (Å²) in [6.07, 6.45) is 9.19. The number of hydrogen-bond acceptors (Lipinski definition) is 3. The Morgan fingerprint density at radius 1 is 1.06 bits per heavy atom. The second-order valence-electron chi connectivity index (χ2n) is 5.72. The van der Waals surface area contributed by atoms with Crippen molar-refractivity contribution in [3.05, 3.63) is 0 Å². The lowest BCUT2D eigenvalue weighted by Crippen LogP contribution is -2.51. The van der Waals surface area contributed by atoms with Gasteiger partial charge in [-0.2, -0.15) is 0 Å². The SMILES string of the molecule is CNC1CCCC(N2CC3CCC(C2)O3)C1. The van der Waals surface area contributed by atoms with Gasteiger partial charge >= 0.3 is 0 Å². The van der Waals surface area contributed by atoms with Crippen LogP contribution in [0.5, 0.6) is 0 Å². The first-order valence-electron chi connectivity index (χ1n) is 6.92. The number of nitrogens with zero attached hydrogens (tertiary/aromatic N) is 1. The molecule has 3 nitrogen and oxygen atoms in total. The van der Waals surface area contributed by atoms with E-state index in [4.69, 9.17) is 4.74 Å². The normalized spacial score (nSPS) is 44.8. The van der Waals surface area contributed by atoms with Crippen molar-refractivity contribution in [2.45, 2.75) is 62.8 Å².